The quantitative estimate of drug-likeness (QED) is 0.716. The van der Waals surface area contributed by atoms with Gasteiger partial charge in [-0.1, -0.05) is 30.9 Å². The summed E-state index contributed by atoms with van der Waals surface area (Å²) in [5.74, 6) is -0.763. The maximum Gasteiger partial charge on any atom is 0.224 e. The van der Waals surface area contributed by atoms with Crippen molar-refractivity contribution in [3.63, 3.8) is 0 Å². The molecule has 2 aromatic carbocycles. The number of nitrogens with zero attached hydrogens (tertiary/aromatic N) is 2. The molecule has 0 radical (unpaired) electrons. The van der Waals surface area contributed by atoms with Crippen molar-refractivity contribution < 1.29 is 4.39 Å². The Hall–Kier alpha value is -2.91. The molecule has 0 saturated heterocycles. The molecule has 90 valence electrons. The van der Waals surface area contributed by atoms with Gasteiger partial charge in [0.1, 0.15) is 11.9 Å². The number of nitriles is 1. The smallest absolute Gasteiger partial charge is 0.224 e. The van der Waals surface area contributed by atoms with Crippen LogP contribution in [0, 0.1) is 23.7 Å². The van der Waals surface area contributed by atoms with Gasteiger partial charge in [0.2, 0.25) is 5.69 Å². The second kappa shape index (κ2) is 5.16. The molecule has 2 aromatic rings. The fraction of sp³-hybridized carbons (Fsp3) is 0. The monoisotopic (exact) mass is 248 g/mol. The minimum absolute atomic E-state index is 0.118. The van der Waals surface area contributed by atoms with E-state index < -0.39 is 5.82 Å². The predicted octanol–water partition coefficient (Wildman–Crippen LogP) is 4.56. The first-order chi connectivity index (χ1) is 9.19. The molecule has 3 heteroatoms. The first kappa shape index (κ1) is 12.5. The van der Waals surface area contributed by atoms with Gasteiger partial charge in [0, 0.05) is 0 Å². The van der Waals surface area contributed by atoms with Gasteiger partial charge in [0.25, 0.3) is 0 Å². The normalized spacial score (nSPS) is 9.42. The molecular weight excluding hydrogens is 239 g/mol. The van der Waals surface area contributed by atoms with Crippen LogP contribution in [0.4, 0.5) is 10.1 Å². The number of halogens is 1. The molecule has 0 unspecified atom stereocenters. The van der Waals surface area contributed by atoms with Gasteiger partial charge in [0.15, 0.2) is 0 Å². The van der Waals surface area contributed by atoms with Crippen molar-refractivity contribution in [3.8, 4) is 17.2 Å². The van der Waals surface area contributed by atoms with Crippen molar-refractivity contribution >= 4 is 11.8 Å². The number of hydrogen-bond acceptors (Lipinski definition) is 1. The lowest BCUT2D eigenvalue weighted by Gasteiger charge is -2.06. The molecule has 0 heterocycles. The SMILES string of the molecule is [C-]#[N+]c1cc(-c2cccc(C=C)c2)cc(C#N)c1F. The molecule has 0 aromatic heterocycles. The first-order valence-electron chi connectivity index (χ1n) is 5.53. The number of hydrogen-bond donors (Lipinski definition) is 0. The van der Waals surface area contributed by atoms with Crippen molar-refractivity contribution in [1.29, 1.82) is 5.26 Å². The Balaban J connectivity index is 2.66. The zero-order valence-electron chi connectivity index (χ0n) is 10.0. The van der Waals surface area contributed by atoms with E-state index in [9.17, 15) is 4.39 Å². The highest BCUT2D eigenvalue weighted by Crippen LogP contribution is 2.30. The lowest BCUT2D eigenvalue weighted by Crippen LogP contribution is -1.87. The summed E-state index contributed by atoms with van der Waals surface area (Å²) in [6.07, 6.45) is 1.70. The zero-order chi connectivity index (χ0) is 13.8. The van der Waals surface area contributed by atoms with Crippen LogP contribution in [0.15, 0.2) is 43.0 Å². The highest BCUT2D eigenvalue weighted by molar-refractivity contribution is 5.73. The van der Waals surface area contributed by atoms with Crippen LogP contribution in [0.2, 0.25) is 0 Å². The Morgan fingerprint density at radius 1 is 1.26 bits per heavy atom. The van der Waals surface area contributed by atoms with Gasteiger partial charge < -0.3 is 0 Å². The van der Waals surface area contributed by atoms with Crippen molar-refractivity contribution in [2.45, 2.75) is 0 Å². The van der Waals surface area contributed by atoms with Crippen LogP contribution in [-0.2, 0) is 0 Å². The Bertz CT molecular complexity index is 698. The second-order valence-electron chi connectivity index (χ2n) is 3.91. The molecule has 0 spiro atoms. The molecular formula is C16H9FN2. The molecule has 0 aliphatic carbocycles. The van der Waals surface area contributed by atoms with E-state index in [4.69, 9.17) is 11.8 Å². The van der Waals surface area contributed by atoms with Gasteiger partial charge in [-0.3, -0.25) is 0 Å². The van der Waals surface area contributed by atoms with E-state index in [2.05, 4.69) is 11.4 Å². The molecule has 2 nitrogen and oxygen atoms in total. The average molecular weight is 248 g/mol. The van der Waals surface area contributed by atoms with Gasteiger partial charge in [-0.25, -0.2) is 9.24 Å². The molecule has 0 aliphatic rings. The third kappa shape index (κ3) is 2.36. The predicted molar refractivity (Wildman–Crippen MR) is 72.9 cm³/mol. The third-order valence-electron chi connectivity index (χ3n) is 2.75. The second-order valence-corrected chi connectivity index (χ2v) is 3.91. The molecule has 0 atom stereocenters. The Morgan fingerprint density at radius 3 is 2.68 bits per heavy atom. The van der Waals surface area contributed by atoms with Gasteiger partial charge in [-0.2, -0.15) is 5.26 Å². The van der Waals surface area contributed by atoms with Gasteiger partial charge in [0.05, 0.1) is 12.1 Å². The highest BCUT2D eigenvalue weighted by Gasteiger charge is 2.11. The summed E-state index contributed by atoms with van der Waals surface area (Å²) < 4.78 is 13.7. The fourth-order valence-electron chi connectivity index (χ4n) is 1.78. The standard InChI is InChI=1S/C16H9FN2/c1-3-11-5-4-6-12(7-11)13-8-14(10-18)16(17)15(9-13)19-2/h3-9H,1H2. The number of rotatable bonds is 2. The van der Waals surface area contributed by atoms with Crippen molar-refractivity contribution in [1.82, 2.24) is 0 Å². The van der Waals surface area contributed by atoms with E-state index in [-0.39, 0.29) is 11.3 Å². The maximum absolute atomic E-state index is 13.7. The van der Waals surface area contributed by atoms with Crippen LogP contribution in [0.3, 0.4) is 0 Å². The van der Waals surface area contributed by atoms with Crippen molar-refractivity contribution in [2.75, 3.05) is 0 Å². The zero-order valence-corrected chi connectivity index (χ0v) is 10.0. The summed E-state index contributed by atoms with van der Waals surface area (Å²) in [5, 5.41) is 8.90. The Labute approximate surface area is 110 Å². The van der Waals surface area contributed by atoms with Crippen LogP contribution in [0.5, 0.6) is 0 Å². The summed E-state index contributed by atoms with van der Waals surface area (Å²) in [7, 11) is 0. The summed E-state index contributed by atoms with van der Waals surface area (Å²) >= 11 is 0. The van der Waals surface area contributed by atoms with Crippen LogP contribution in [0.25, 0.3) is 22.0 Å². The first-order valence-corrected chi connectivity index (χ1v) is 5.53. The highest BCUT2D eigenvalue weighted by atomic mass is 19.1. The minimum atomic E-state index is -0.763. The van der Waals surface area contributed by atoms with Crippen LogP contribution in [-0.4, -0.2) is 0 Å². The molecule has 0 bridgehead atoms. The molecule has 0 amide bonds. The van der Waals surface area contributed by atoms with Gasteiger partial charge >= 0.3 is 0 Å². The van der Waals surface area contributed by atoms with Crippen molar-refractivity contribution in [3.05, 3.63) is 71.3 Å². The summed E-state index contributed by atoms with van der Waals surface area (Å²) in [6.45, 7) is 10.6. The van der Waals surface area contributed by atoms with Crippen LogP contribution in [0.1, 0.15) is 11.1 Å². The van der Waals surface area contributed by atoms with Crippen molar-refractivity contribution in [2.24, 2.45) is 0 Å². The van der Waals surface area contributed by atoms with Crippen LogP contribution >= 0.6 is 0 Å². The van der Waals surface area contributed by atoms with E-state index in [1.807, 2.05) is 24.3 Å². The average Bonchev–Trinajstić information content (AvgIpc) is 2.47. The number of benzene rings is 2. The van der Waals surface area contributed by atoms with E-state index in [0.29, 0.717) is 5.56 Å². The summed E-state index contributed by atoms with van der Waals surface area (Å²) in [5.41, 5.74) is 2.13. The molecule has 2 rings (SSSR count). The lowest BCUT2D eigenvalue weighted by atomic mass is 10.00. The summed E-state index contributed by atoms with van der Waals surface area (Å²) in [4.78, 5) is 3.11. The maximum atomic E-state index is 13.7. The van der Waals surface area contributed by atoms with E-state index in [1.54, 1.807) is 12.1 Å². The van der Waals surface area contributed by atoms with Crippen LogP contribution < -0.4 is 0 Å². The molecule has 0 aliphatic heterocycles. The Morgan fingerprint density at radius 2 is 2.05 bits per heavy atom. The van der Waals surface area contributed by atoms with E-state index in [0.717, 1.165) is 11.1 Å². The molecule has 0 fully saturated rings. The largest absolute Gasteiger partial charge is 0.235 e. The fourth-order valence-corrected chi connectivity index (χ4v) is 1.78. The lowest BCUT2D eigenvalue weighted by molar-refractivity contribution is 0.630. The van der Waals surface area contributed by atoms with Gasteiger partial charge in [-0.15, -0.1) is 0 Å². The van der Waals surface area contributed by atoms with Gasteiger partial charge in [-0.05, 0) is 34.9 Å². The molecule has 0 saturated carbocycles. The summed E-state index contributed by atoms with van der Waals surface area (Å²) in [6, 6.07) is 12.1. The minimum Gasteiger partial charge on any atom is -0.235 e. The molecule has 0 N–H and O–H groups in total. The topological polar surface area (TPSA) is 28.1 Å². The van der Waals surface area contributed by atoms with E-state index >= 15 is 0 Å². The Kier molecular flexibility index (Phi) is 3.41. The van der Waals surface area contributed by atoms with E-state index in [1.165, 1.54) is 12.1 Å². The third-order valence-corrected chi connectivity index (χ3v) is 2.75. The molecule has 19 heavy (non-hydrogen) atoms.